The summed E-state index contributed by atoms with van der Waals surface area (Å²) in [6, 6.07) is 8.78. The molecular formula is C21H21ClF2N4O3S. The number of hydrogen-bond acceptors (Lipinski definition) is 6. The van der Waals surface area contributed by atoms with E-state index in [1.165, 1.54) is 15.5 Å². The van der Waals surface area contributed by atoms with Crippen LogP contribution in [0.1, 0.15) is 6.42 Å². The fourth-order valence-corrected chi connectivity index (χ4v) is 4.37. The van der Waals surface area contributed by atoms with Crippen molar-refractivity contribution in [3.05, 3.63) is 58.6 Å². The first-order chi connectivity index (χ1) is 14.8. The molecule has 0 spiro atoms. The van der Waals surface area contributed by atoms with Crippen molar-refractivity contribution in [2.45, 2.75) is 13.0 Å². The predicted molar refractivity (Wildman–Crippen MR) is 123 cm³/mol. The van der Waals surface area contributed by atoms with Gasteiger partial charge in [0.05, 0.1) is 10.2 Å². The van der Waals surface area contributed by atoms with Crippen molar-refractivity contribution in [3.8, 4) is 0 Å². The molecule has 4 rings (SSSR count). The van der Waals surface area contributed by atoms with Crippen molar-refractivity contribution < 1.29 is 18.0 Å². The SMILES string of the molecule is CN(C)CCCN(C(=O)Cn1c(=O)oc2ccccc21)c1nc2c(F)cc(F)cc2s1.Cl. The summed E-state index contributed by atoms with van der Waals surface area (Å²) in [5, 5.41) is 0.254. The molecule has 0 aliphatic heterocycles. The van der Waals surface area contributed by atoms with Gasteiger partial charge in [-0.2, -0.15) is 0 Å². The van der Waals surface area contributed by atoms with Crippen molar-refractivity contribution >= 4 is 56.1 Å². The van der Waals surface area contributed by atoms with Gasteiger partial charge in [-0.05, 0) is 45.3 Å². The van der Waals surface area contributed by atoms with Gasteiger partial charge in [-0.15, -0.1) is 12.4 Å². The molecule has 7 nitrogen and oxygen atoms in total. The highest BCUT2D eigenvalue weighted by atomic mass is 35.5. The third-order valence-electron chi connectivity index (χ3n) is 4.79. The van der Waals surface area contributed by atoms with Crippen LogP contribution >= 0.6 is 23.7 Å². The molecule has 0 saturated carbocycles. The van der Waals surface area contributed by atoms with E-state index in [0.717, 1.165) is 17.4 Å². The zero-order valence-electron chi connectivity index (χ0n) is 17.4. The number of benzene rings is 2. The fourth-order valence-electron chi connectivity index (χ4n) is 3.32. The highest BCUT2D eigenvalue weighted by Crippen LogP contribution is 2.31. The molecule has 0 unspecified atom stereocenters. The highest BCUT2D eigenvalue weighted by Gasteiger charge is 2.23. The number of amides is 1. The molecule has 0 N–H and O–H groups in total. The lowest BCUT2D eigenvalue weighted by molar-refractivity contribution is -0.119. The summed E-state index contributed by atoms with van der Waals surface area (Å²) >= 11 is 1.03. The second-order valence-electron chi connectivity index (χ2n) is 7.35. The molecule has 0 aliphatic rings. The number of anilines is 1. The lowest BCUT2D eigenvalue weighted by Gasteiger charge is -2.21. The van der Waals surface area contributed by atoms with E-state index >= 15 is 0 Å². The molecule has 0 saturated heterocycles. The van der Waals surface area contributed by atoms with Crippen LogP contribution in [0.25, 0.3) is 21.3 Å². The van der Waals surface area contributed by atoms with Gasteiger partial charge in [0.25, 0.3) is 0 Å². The Hall–Kier alpha value is -2.82. The highest BCUT2D eigenvalue weighted by molar-refractivity contribution is 7.22. The summed E-state index contributed by atoms with van der Waals surface area (Å²) in [6.07, 6.45) is 0.631. The summed E-state index contributed by atoms with van der Waals surface area (Å²) in [7, 11) is 3.83. The Morgan fingerprint density at radius 2 is 1.94 bits per heavy atom. The number of hydrogen-bond donors (Lipinski definition) is 0. The minimum absolute atomic E-state index is 0. The molecule has 170 valence electrons. The second kappa shape index (κ2) is 9.76. The lowest BCUT2D eigenvalue weighted by atomic mass is 10.3. The molecule has 2 aromatic carbocycles. The molecule has 2 heterocycles. The molecule has 0 aliphatic carbocycles. The van der Waals surface area contributed by atoms with Crippen LogP contribution in [-0.4, -0.2) is 47.5 Å². The van der Waals surface area contributed by atoms with E-state index in [0.29, 0.717) is 35.3 Å². The minimum Gasteiger partial charge on any atom is -0.408 e. The Morgan fingerprint density at radius 3 is 2.69 bits per heavy atom. The molecule has 32 heavy (non-hydrogen) atoms. The largest absolute Gasteiger partial charge is 0.420 e. The number of thiazole rings is 1. The number of fused-ring (bicyclic) bond motifs is 2. The Balaban J connectivity index is 0.00000289. The first-order valence-corrected chi connectivity index (χ1v) is 10.4. The summed E-state index contributed by atoms with van der Waals surface area (Å²) < 4.78 is 34.5. The van der Waals surface area contributed by atoms with Gasteiger partial charge >= 0.3 is 5.76 Å². The average molecular weight is 483 g/mol. The second-order valence-corrected chi connectivity index (χ2v) is 8.36. The Morgan fingerprint density at radius 1 is 1.19 bits per heavy atom. The van der Waals surface area contributed by atoms with Crippen molar-refractivity contribution in [1.29, 1.82) is 0 Å². The van der Waals surface area contributed by atoms with E-state index in [1.54, 1.807) is 24.3 Å². The van der Waals surface area contributed by atoms with Crippen molar-refractivity contribution in [2.75, 3.05) is 32.1 Å². The van der Waals surface area contributed by atoms with E-state index in [-0.39, 0.29) is 29.6 Å². The third kappa shape index (κ3) is 4.82. The third-order valence-corrected chi connectivity index (χ3v) is 5.81. The quantitative estimate of drug-likeness (QED) is 0.399. The molecule has 11 heteroatoms. The van der Waals surface area contributed by atoms with Crippen LogP contribution in [0.3, 0.4) is 0 Å². The van der Waals surface area contributed by atoms with Gasteiger partial charge in [-0.1, -0.05) is 23.5 Å². The molecule has 0 radical (unpaired) electrons. The van der Waals surface area contributed by atoms with Crippen LogP contribution in [0.4, 0.5) is 13.9 Å². The average Bonchev–Trinajstić information content (AvgIpc) is 3.26. The van der Waals surface area contributed by atoms with Gasteiger partial charge in [-0.25, -0.2) is 18.6 Å². The first kappa shape index (κ1) is 23.8. The van der Waals surface area contributed by atoms with Gasteiger partial charge in [-0.3, -0.25) is 14.3 Å². The summed E-state index contributed by atoms with van der Waals surface area (Å²) in [6.45, 7) is 0.766. The number of para-hydroxylation sites is 2. The fraction of sp³-hybridized carbons (Fsp3) is 0.286. The Bertz CT molecular complexity index is 1320. The number of carbonyl (C=O) groups excluding carboxylic acids is 1. The minimum atomic E-state index is -0.782. The number of halogens is 3. The summed E-state index contributed by atoms with van der Waals surface area (Å²) in [5.74, 6) is -2.52. The summed E-state index contributed by atoms with van der Waals surface area (Å²) in [4.78, 5) is 33.1. The Kier molecular flexibility index (Phi) is 7.27. The molecule has 1 amide bonds. The van der Waals surface area contributed by atoms with Crippen LogP contribution in [0.2, 0.25) is 0 Å². The lowest BCUT2D eigenvalue weighted by Crippen LogP contribution is -2.37. The van der Waals surface area contributed by atoms with E-state index in [1.807, 2.05) is 19.0 Å². The monoisotopic (exact) mass is 482 g/mol. The maximum absolute atomic E-state index is 14.2. The molecular weight excluding hydrogens is 462 g/mol. The molecule has 0 fully saturated rings. The van der Waals surface area contributed by atoms with Gasteiger partial charge in [0.15, 0.2) is 16.5 Å². The van der Waals surface area contributed by atoms with E-state index in [4.69, 9.17) is 4.42 Å². The summed E-state index contributed by atoms with van der Waals surface area (Å²) in [5.41, 5.74) is 0.904. The van der Waals surface area contributed by atoms with E-state index in [9.17, 15) is 18.4 Å². The molecule has 2 aromatic heterocycles. The van der Waals surface area contributed by atoms with E-state index in [2.05, 4.69) is 4.98 Å². The zero-order valence-corrected chi connectivity index (χ0v) is 19.0. The van der Waals surface area contributed by atoms with Gasteiger partial charge < -0.3 is 9.32 Å². The van der Waals surface area contributed by atoms with Crippen molar-refractivity contribution in [3.63, 3.8) is 0 Å². The first-order valence-electron chi connectivity index (χ1n) is 9.62. The Labute approximate surface area is 192 Å². The van der Waals surface area contributed by atoms with Crippen molar-refractivity contribution in [2.24, 2.45) is 0 Å². The van der Waals surface area contributed by atoms with Crippen LogP contribution in [0.15, 0.2) is 45.6 Å². The zero-order chi connectivity index (χ0) is 22.1. The number of aromatic nitrogens is 2. The van der Waals surface area contributed by atoms with Gasteiger partial charge in [0.2, 0.25) is 5.91 Å². The number of oxazole rings is 1. The molecule has 4 aromatic rings. The normalized spacial score (nSPS) is 11.3. The number of carbonyl (C=O) groups is 1. The topological polar surface area (TPSA) is 71.6 Å². The predicted octanol–water partition coefficient (Wildman–Crippen LogP) is 3.89. The van der Waals surface area contributed by atoms with Crippen LogP contribution in [0.5, 0.6) is 0 Å². The smallest absolute Gasteiger partial charge is 0.408 e. The molecule has 0 bridgehead atoms. The van der Waals surface area contributed by atoms with Crippen LogP contribution < -0.4 is 10.7 Å². The maximum Gasteiger partial charge on any atom is 0.420 e. The maximum atomic E-state index is 14.2. The number of nitrogens with zero attached hydrogens (tertiary/aromatic N) is 4. The van der Waals surface area contributed by atoms with Crippen LogP contribution in [-0.2, 0) is 11.3 Å². The van der Waals surface area contributed by atoms with Crippen LogP contribution in [0, 0.1) is 11.6 Å². The number of rotatable bonds is 7. The van der Waals surface area contributed by atoms with Crippen molar-refractivity contribution in [1.82, 2.24) is 14.5 Å². The van der Waals surface area contributed by atoms with E-state index < -0.39 is 23.3 Å². The molecule has 0 atom stereocenters. The van der Waals surface area contributed by atoms with Gasteiger partial charge in [0.1, 0.15) is 17.9 Å². The van der Waals surface area contributed by atoms with Gasteiger partial charge in [0, 0.05) is 12.6 Å². The standard InChI is InChI=1S/C21H20F2N4O3S.ClH/c1-25(2)8-5-9-26(20-24-19-14(23)10-13(22)11-17(19)31-20)18(28)12-27-15-6-3-4-7-16(15)30-21(27)29;/h3-4,6-7,10-11H,5,8-9,12H2,1-2H3;1H.